The van der Waals surface area contributed by atoms with Crippen LogP contribution >= 0.6 is 0 Å². The minimum absolute atomic E-state index is 0.608. The molecule has 0 N–H and O–H groups in total. The van der Waals surface area contributed by atoms with Gasteiger partial charge in [0.2, 0.25) is 0 Å². The van der Waals surface area contributed by atoms with E-state index in [4.69, 9.17) is 29.7 Å². The van der Waals surface area contributed by atoms with Crippen molar-refractivity contribution in [2.45, 2.75) is 5.41 Å². The standard InChI is InChI=1S/C62H39N5O/c1-5-18-41(19-6-1)53-39-54(42-20-7-2-8-21-42)64-58(63-53)45-34-32-40(33-35-45)47-26-17-27-48-49-38-46(61-66-59(43-22-9-3-10-23-43)65-60(67-61)44-24-11-4-12-25-44)36-37-50(49)62(57(47)48)51-28-13-15-30-55(51)68-56-31-16-14-29-52(56)62/h1-39H. The zero-order valence-corrected chi connectivity index (χ0v) is 36.7. The number of benzene rings is 9. The smallest absolute Gasteiger partial charge is 0.164 e. The maximum atomic E-state index is 6.75. The van der Waals surface area contributed by atoms with Crippen LogP contribution in [0.15, 0.2) is 237 Å². The first kappa shape index (κ1) is 39.3. The van der Waals surface area contributed by atoms with Crippen molar-refractivity contribution in [2.75, 3.05) is 0 Å². The second-order valence-electron chi connectivity index (χ2n) is 17.1. The molecule has 9 aromatic carbocycles. The average molecular weight is 870 g/mol. The molecule has 68 heavy (non-hydrogen) atoms. The summed E-state index contributed by atoms with van der Waals surface area (Å²) in [5, 5.41) is 0. The molecule has 0 radical (unpaired) electrons. The van der Waals surface area contributed by atoms with Crippen LogP contribution in [0.3, 0.4) is 0 Å². The Morgan fingerprint density at radius 2 is 0.676 bits per heavy atom. The van der Waals surface area contributed by atoms with E-state index < -0.39 is 5.41 Å². The van der Waals surface area contributed by atoms with Crippen molar-refractivity contribution < 1.29 is 4.74 Å². The molecule has 13 rings (SSSR count). The molecule has 2 aromatic heterocycles. The lowest BCUT2D eigenvalue weighted by Gasteiger charge is -2.40. The topological polar surface area (TPSA) is 73.7 Å². The van der Waals surface area contributed by atoms with Crippen LogP contribution in [0.25, 0.3) is 90.3 Å². The fourth-order valence-corrected chi connectivity index (χ4v) is 10.2. The fraction of sp³-hybridized carbons (Fsp3) is 0.0161. The number of rotatable bonds is 7. The van der Waals surface area contributed by atoms with Crippen LogP contribution < -0.4 is 4.74 Å². The molecule has 0 bridgehead atoms. The molecule has 0 fully saturated rings. The fourth-order valence-electron chi connectivity index (χ4n) is 10.2. The van der Waals surface area contributed by atoms with Gasteiger partial charge in [-0.15, -0.1) is 0 Å². The van der Waals surface area contributed by atoms with Gasteiger partial charge >= 0.3 is 0 Å². The maximum Gasteiger partial charge on any atom is 0.164 e. The van der Waals surface area contributed by atoms with Gasteiger partial charge in [-0.25, -0.2) is 24.9 Å². The van der Waals surface area contributed by atoms with E-state index in [0.29, 0.717) is 23.3 Å². The predicted molar refractivity (Wildman–Crippen MR) is 271 cm³/mol. The quantitative estimate of drug-likeness (QED) is 0.159. The highest BCUT2D eigenvalue weighted by Gasteiger charge is 2.52. The third-order valence-corrected chi connectivity index (χ3v) is 13.2. The zero-order valence-electron chi connectivity index (χ0n) is 36.7. The summed E-state index contributed by atoms with van der Waals surface area (Å²) in [6.45, 7) is 0. The van der Waals surface area contributed by atoms with Crippen LogP contribution in [0.1, 0.15) is 22.3 Å². The molecular formula is C62H39N5O. The number of hydrogen-bond acceptors (Lipinski definition) is 6. The largest absolute Gasteiger partial charge is 0.457 e. The van der Waals surface area contributed by atoms with Gasteiger partial charge in [-0.1, -0.05) is 212 Å². The molecule has 1 spiro atoms. The van der Waals surface area contributed by atoms with E-state index in [2.05, 4.69) is 140 Å². The molecule has 6 heteroatoms. The number of para-hydroxylation sites is 2. The van der Waals surface area contributed by atoms with Gasteiger partial charge in [0.25, 0.3) is 0 Å². The first-order valence-electron chi connectivity index (χ1n) is 22.8. The highest BCUT2D eigenvalue weighted by atomic mass is 16.5. The van der Waals surface area contributed by atoms with Crippen molar-refractivity contribution in [2.24, 2.45) is 0 Å². The Kier molecular flexibility index (Phi) is 9.29. The van der Waals surface area contributed by atoms with E-state index in [1.54, 1.807) is 0 Å². The Labute approximate surface area is 394 Å². The van der Waals surface area contributed by atoms with E-state index in [1.807, 2.05) is 97.1 Å². The third kappa shape index (κ3) is 6.45. The van der Waals surface area contributed by atoms with Crippen molar-refractivity contribution in [3.63, 3.8) is 0 Å². The summed E-state index contributed by atoms with van der Waals surface area (Å²) in [6, 6.07) is 82.1. The van der Waals surface area contributed by atoms with Gasteiger partial charge in [0, 0.05) is 44.5 Å². The van der Waals surface area contributed by atoms with Gasteiger partial charge in [-0.2, -0.15) is 0 Å². The van der Waals surface area contributed by atoms with Gasteiger partial charge in [0.05, 0.1) is 16.8 Å². The number of hydrogen-bond donors (Lipinski definition) is 0. The molecule has 318 valence electrons. The SMILES string of the molecule is c1ccc(-c2cc(-c3ccccc3)nc(-c3ccc(-c4cccc5c4C4(c6ccccc6Oc6ccccc64)c4ccc(-c6nc(-c7ccccc7)nc(-c7ccccc7)n6)cc4-5)cc3)n2)cc1. The molecule has 3 heterocycles. The number of aromatic nitrogens is 5. The average Bonchev–Trinajstić information content (AvgIpc) is 3.71. The Morgan fingerprint density at radius 3 is 1.22 bits per heavy atom. The summed E-state index contributed by atoms with van der Waals surface area (Å²) in [4.78, 5) is 25.6. The second-order valence-corrected chi connectivity index (χ2v) is 17.1. The van der Waals surface area contributed by atoms with Gasteiger partial charge in [-0.3, -0.25) is 0 Å². The number of nitrogens with zero attached hydrogens (tertiary/aromatic N) is 5. The van der Waals surface area contributed by atoms with Crippen molar-refractivity contribution in [3.05, 3.63) is 259 Å². The highest BCUT2D eigenvalue weighted by molar-refractivity contribution is 5.95. The van der Waals surface area contributed by atoms with E-state index in [1.165, 1.54) is 11.1 Å². The normalized spacial score (nSPS) is 12.6. The Balaban J connectivity index is 1.01. The molecule has 0 amide bonds. The molecule has 1 aliphatic carbocycles. The Bertz CT molecular complexity index is 3530. The monoisotopic (exact) mass is 869 g/mol. The molecule has 0 unspecified atom stereocenters. The minimum atomic E-state index is -0.717. The van der Waals surface area contributed by atoms with E-state index in [9.17, 15) is 0 Å². The van der Waals surface area contributed by atoms with Gasteiger partial charge in [0.15, 0.2) is 23.3 Å². The third-order valence-electron chi connectivity index (χ3n) is 13.2. The molecular weight excluding hydrogens is 831 g/mol. The summed E-state index contributed by atoms with van der Waals surface area (Å²) in [5.41, 5.74) is 15.8. The highest BCUT2D eigenvalue weighted by Crippen LogP contribution is 2.64. The summed E-state index contributed by atoms with van der Waals surface area (Å²) in [7, 11) is 0. The van der Waals surface area contributed by atoms with Gasteiger partial charge in [-0.05, 0) is 57.6 Å². The van der Waals surface area contributed by atoms with Crippen LogP contribution in [-0.2, 0) is 5.41 Å². The first-order valence-corrected chi connectivity index (χ1v) is 22.8. The zero-order chi connectivity index (χ0) is 45.0. The lowest BCUT2D eigenvalue weighted by Crippen LogP contribution is -2.32. The molecule has 1 aliphatic heterocycles. The Hall–Kier alpha value is -9.13. The lowest BCUT2D eigenvalue weighted by molar-refractivity contribution is 0.436. The van der Waals surface area contributed by atoms with E-state index in [0.717, 1.165) is 89.6 Å². The first-order chi connectivity index (χ1) is 33.7. The van der Waals surface area contributed by atoms with E-state index in [-0.39, 0.29) is 0 Å². The molecule has 0 saturated carbocycles. The summed E-state index contributed by atoms with van der Waals surface area (Å²) < 4.78 is 6.75. The summed E-state index contributed by atoms with van der Waals surface area (Å²) >= 11 is 0. The van der Waals surface area contributed by atoms with Crippen molar-refractivity contribution in [3.8, 4) is 102 Å². The van der Waals surface area contributed by atoms with Crippen LogP contribution in [0.2, 0.25) is 0 Å². The van der Waals surface area contributed by atoms with Crippen LogP contribution in [0, 0.1) is 0 Å². The van der Waals surface area contributed by atoms with Gasteiger partial charge < -0.3 is 4.74 Å². The number of fused-ring (bicyclic) bond motifs is 9. The van der Waals surface area contributed by atoms with E-state index >= 15 is 0 Å². The van der Waals surface area contributed by atoms with Crippen LogP contribution in [0.5, 0.6) is 11.5 Å². The molecule has 0 atom stereocenters. The predicted octanol–water partition coefficient (Wildman–Crippen LogP) is 14.8. The van der Waals surface area contributed by atoms with Crippen molar-refractivity contribution in [1.82, 2.24) is 24.9 Å². The molecule has 11 aromatic rings. The second kappa shape index (κ2) is 16.1. The van der Waals surface area contributed by atoms with Crippen LogP contribution in [-0.4, -0.2) is 24.9 Å². The van der Waals surface area contributed by atoms with Crippen molar-refractivity contribution in [1.29, 1.82) is 0 Å². The maximum absolute atomic E-state index is 6.75. The Morgan fingerprint density at radius 1 is 0.265 bits per heavy atom. The molecule has 6 nitrogen and oxygen atoms in total. The van der Waals surface area contributed by atoms with Crippen LogP contribution in [0.4, 0.5) is 0 Å². The lowest BCUT2D eigenvalue weighted by atomic mass is 9.64. The summed E-state index contributed by atoms with van der Waals surface area (Å²) in [5.74, 6) is 4.19. The van der Waals surface area contributed by atoms with Crippen molar-refractivity contribution >= 4 is 0 Å². The molecule has 0 saturated heterocycles. The molecule has 2 aliphatic rings. The number of ether oxygens (including phenoxy) is 1. The summed E-state index contributed by atoms with van der Waals surface area (Å²) in [6.07, 6.45) is 0. The minimum Gasteiger partial charge on any atom is -0.457 e. The van der Waals surface area contributed by atoms with Gasteiger partial charge in [0.1, 0.15) is 11.5 Å².